The molecule has 1 saturated heterocycles. The van der Waals surface area contributed by atoms with Crippen LogP contribution in [-0.2, 0) is 15.3 Å². The number of sulfone groups is 1. The van der Waals surface area contributed by atoms with E-state index in [2.05, 4.69) is 43.2 Å². The number of carbonyl (C=O) groups excluding carboxylic acids is 1. The van der Waals surface area contributed by atoms with Crippen LogP contribution in [0.5, 0.6) is 0 Å². The molecular weight excluding hydrogens is 324 g/mol. The van der Waals surface area contributed by atoms with E-state index in [0.29, 0.717) is 18.7 Å². The maximum absolute atomic E-state index is 12.3. The van der Waals surface area contributed by atoms with Crippen LogP contribution >= 0.6 is 0 Å². The van der Waals surface area contributed by atoms with Crippen LogP contribution < -0.4 is 5.32 Å². The fourth-order valence-corrected chi connectivity index (χ4v) is 4.71. The predicted octanol–water partition coefficient (Wildman–Crippen LogP) is 2.63. The van der Waals surface area contributed by atoms with Crippen LogP contribution in [0.25, 0.3) is 10.9 Å². The first-order valence-corrected chi connectivity index (χ1v) is 10.1. The van der Waals surface area contributed by atoms with Crippen LogP contribution in [0.3, 0.4) is 0 Å². The molecule has 2 N–H and O–H groups in total. The summed E-state index contributed by atoms with van der Waals surface area (Å²) in [5.74, 6) is 0.549. The molecule has 0 spiro atoms. The highest BCUT2D eigenvalue weighted by atomic mass is 32.2. The number of aromatic amines is 1. The zero-order valence-electron chi connectivity index (χ0n) is 14.3. The number of amides is 1. The van der Waals surface area contributed by atoms with Crippen molar-refractivity contribution in [2.24, 2.45) is 5.92 Å². The number of aromatic nitrogens is 1. The van der Waals surface area contributed by atoms with Gasteiger partial charge in [0, 0.05) is 17.4 Å². The van der Waals surface area contributed by atoms with E-state index in [4.69, 9.17) is 0 Å². The Morgan fingerprint density at radius 3 is 2.58 bits per heavy atom. The van der Waals surface area contributed by atoms with Gasteiger partial charge in [-0.2, -0.15) is 0 Å². The Kier molecular flexibility index (Phi) is 4.20. The summed E-state index contributed by atoms with van der Waals surface area (Å²) in [6.07, 6.45) is 0.708. The van der Waals surface area contributed by atoms with Crippen molar-refractivity contribution in [2.75, 3.05) is 18.1 Å². The Morgan fingerprint density at radius 1 is 1.25 bits per heavy atom. The van der Waals surface area contributed by atoms with Crippen molar-refractivity contribution in [1.29, 1.82) is 0 Å². The number of H-pyrrole nitrogens is 1. The van der Waals surface area contributed by atoms with Crippen molar-refractivity contribution in [1.82, 2.24) is 10.3 Å². The van der Waals surface area contributed by atoms with Gasteiger partial charge in [-0.15, -0.1) is 0 Å². The fourth-order valence-electron chi connectivity index (χ4n) is 3.04. The summed E-state index contributed by atoms with van der Waals surface area (Å²) in [6, 6.07) is 8.07. The molecule has 0 saturated carbocycles. The van der Waals surface area contributed by atoms with Gasteiger partial charge in [-0.05, 0) is 41.5 Å². The summed E-state index contributed by atoms with van der Waals surface area (Å²) in [7, 11) is -2.79. The summed E-state index contributed by atoms with van der Waals surface area (Å²) in [4.78, 5) is 15.4. The number of hydrogen-bond acceptors (Lipinski definition) is 3. The molecule has 2 heterocycles. The second kappa shape index (κ2) is 5.92. The van der Waals surface area contributed by atoms with Crippen molar-refractivity contribution in [3.63, 3.8) is 0 Å². The molecule has 1 fully saturated rings. The van der Waals surface area contributed by atoms with Crippen molar-refractivity contribution in [3.8, 4) is 0 Å². The van der Waals surface area contributed by atoms with E-state index in [1.54, 1.807) is 0 Å². The third-order valence-corrected chi connectivity index (χ3v) is 6.51. The summed E-state index contributed by atoms with van der Waals surface area (Å²) in [5.41, 5.74) is 2.78. The molecule has 130 valence electrons. The number of nitrogens with one attached hydrogen (secondary N) is 2. The Morgan fingerprint density at radius 2 is 1.96 bits per heavy atom. The van der Waals surface area contributed by atoms with E-state index >= 15 is 0 Å². The first-order chi connectivity index (χ1) is 11.1. The first kappa shape index (κ1) is 17.0. The lowest BCUT2D eigenvalue weighted by Crippen LogP contribution is -2.38. The fraction of sp³-hybridized carbons (Fsp3) is 0.500. The number of fused-ring (bicyclic) bond motifs is 1. The molecule has 0 unspecified atom stereocenters. The highest BCUT2D eigenvalue weighted by Crippen LogP contribution is 2.26. The molecule has 0 aliphatic carbocycles. The smallest absolute Gasteiger partial charge is 0.267 e. The highest BCUT2D eigenvalue weighted by molar-refractivity contribution is 7.92. The number of hydrogen-bond donors (Lipinski definition) is 2. The molecule has 1 aromatic heterocycles. The van der Waals surface area contributed by atoms with Crippen molar-refractivity contribution in [3.05, 3.63) is 35.5 Å². The largest absolute Gasteiger partial charge is 0.351 e. The van der Waals surface area contributed by atoms with Gasteiger partial charge < -0.3 is 10.3 Å². The SMILES string of the molecule is CC(C)(C)c1ccc2[nH]c(C(=O)NCCC3CS(=O)(=O)C3)cc2c1. The molecule has 5 nitrogen and oxygen atoms in total. The Labute approximate surface area is 142 Å². The first-order valence-electron chi connectivity index (χ1n) is 8.26. The molecule has 1 aliphatic heterocycles. The molecule has 3 rings (SSSR count). The molecule has 0 radical (unpaired) electrons. The molecule has 1 aliphatic rings. The summed E-state index contributed by atoms with van der Waals surface area (Å²) in [6.45, 7) is 6.99. The second-order valence-electron chi connectivity index (χ2n) is 7.72. The van der Waals surface area contributed by atoms with Gasteiger partial charge in [-0.25, -0.2) is 8.42 Å². The average Bonchev–Trinajstić information content (AvgIpc) is 2.87. The van der Waals surface area contributed by atoms with Crippen molar-refractivity contribution < 1.29 is 13.2 Å². The Hall–Kier alpha value is -1.82. The van der Waals surface area contributed by atoms with Gasteiger partial charge in [0.2, 0.25) is 0 Å². The summed E-state index contributed by atoms with van der Waals surface area (Å²) in [5, 5.41) is 3.89. The number of rotatable bonds is 4. The topological polar surface area (TPSA) is 79.0 Å². The zero-order chi connectivity index (χ0) is 17.5. The van der Waals surface area contributed by atoms with Crippen LogP contribution in [-0.4, -0.2) is 37.4 Å². The lowest BCUT2D eigenvalue weighted by atomic mass is 9.86. The van der Waals surface area contributed by atoms with Gasteiger partial charge in [-0.1, -0.05) is 26.8 Å². The number of carbonyl (C=O) groups is 1. The Balaban J connectivity index is 1.62. The average molecular weight is 348 g/mol. The minimum Gasteiger partial charge on any atom is -0.351 e. The lowest BCUT2D eigenvalue weighted by Gasteiger charge is -2.25. The zero-order valence-corrected chi connectivity index (χ0v) is 15.2. The van der Waals surface area contributed by atoms with E-state index in [1.807, 2.05) is 12.1 Å². The van der Waals surface area contributed by atoms with Gasteiger partial charge in [0.05, 0.1) is 11.5 Å². The second-order valence-corrected chi connectivity index (χ2v) is 9.88. The molecule has 24 heavy (non-hydrogen) atoms. The van der Waals surface area contributed by atoms with Gasteiger partial charge in [0.25, 0.3) is 5.91 Å². The van der Waals surface area contributed by atoms with E-state index in [-0.39, 0.29) is 28.7 Å². The molecule has 6 heteroatoms. The van der Waals surface area contributed by atoms with Gasteiger partial charge in [0.15, 0.2) is 9.84 Å². The summed E-state index contributed by atoms with van der Waals surface area (Å²) < 4.78 is 22.2. The third kappa shape index (κ3) is 3.64. The van der Waals surface area contributed by atoms with Crippen molar-refractivity contribution in [2.45, 2.75) is 32.6 Å². The maximum Gasteiger partial charge on any atom is 0.267 e. The Bertz CT molecular complexity index is 863. The molecule has 1 aromatic carbocycles. The summed E-state index contributed by atoms with van der Waals surface area (Å²) >= 11 is 0. The van der Waals surface area contributed by atoms with Crippen LogP contribution in [0, 0.1) is 5.92 Å². The lowest BCUT2D eigenvalue weighted by molar-refractivity contribution is 0.0948. The van der Waals surface area contributed by atoms with Gasteiger partial charge in [-0.3, -0.25) is 4.79 Å². The van der Waals surface area contributed by atoms with E-state index < -0.39 is 9.84 Å². The molecule has 0 bridgehead atoms. The normalized spacial score (nSPS) is 17.6. The highest BCUT2D eigenvalue weighted by Gasteiger charge is 2.32. The van der Waals surface area contributed by atoms with Crippen LogP contribution in [0.15, 0.2) is 24.3 Å². The van der Waals surface area contributed by atoms with Crippen LogP contribution in [0.4, 0.5) is 0 Å². The predicted molar refractivity (Wildman–Crippen MR) is 96.1 cm³/mol. The van der Waals surface area contributed by atoms with Crippen LogP contribution in [0.2, 0.25) is 0 Å². The van der Waals surface area contributed by atoms with E-state index in [1.165, 1.54) is 5.56 Å². The molecular formula is C18H24N2O3S. The molecule has 0 atom stereocenters. The minimum atomic E-state index is -2.79. The monoisotopic (exact) mass is 348 g/mol. The van der Waals surface area contributed by atoms with Gasteiger partial charge in [0.1, 0.15) is 5.69 Å². The quantitative estimate of drug-likeness (QED) is 0.891. The van der Waals surface area contributed by atoms with Crippen LogP contribution in [0.1, 0.15) is 43.2 Å². The molecule has 2 aromatic rings. The standard InChI is InChI=1S/C18H24N2O3S/c1-18(2,3)14-4-5-15-13(8-14)9-16(20-15)17(21)19-7-6-12-10-24(22,23)11-12/h4-5,8-9,12,20H,6-7,10-11H2,1-3H3,(H,19,21). The van der Waals surface area contributed by atoms with Gasteiger partial charge >= 0.3 is 0 Å². The maximum atomic E-state index is 12.3. The minimum absolute atomic E-state index is 0.0665. The van der Waals surface area contributed by atoms with E-state index in [0.717, 1.165) is 10.9 Å². The number of benzene rings is 1. The van der Waals surface area contributed by atoms with Crippen molar-refractivity contribution >= 4 is 26.6 Å². The van der Waals surface area contributed by atoms with E-state index in [9.17, 15) is 13.2 Å². The molecule has 1 amide bonds. The third-order valence-electron chi connectivity index (χ3n) is 4.55.